The van der Waals surface area contributed by atoms with Crippen molar-refractivity contribution in [3.63, 3.8) is 0 Å². The van der Waals surface area contributed by atoms with Crippen LogP contribution in [0.4, 0.5) is 0 Å². The normalized spacial score (nSPS) is 12.7. The van der Waals surface area contributed by atoms with Crippen molar-refractivity contribution in [3.8, 4) is 5.75 Å². The lowest BCUT2D eigenvalue weighted by Gasteiger charge is -2.20. The van der Waals surface area contributed by atoms with Gasteiger partial charge in [-0.15, -0.1) is 0 Å². The zero-order valence-electron chi connectivity index (χ0n) is 11.9. The fourth-order valence-electron chi connectivity index (χ4n) is 2.41. The van der Waals surface area contributed by atoms with Gasteiger partial charge >= 0.3 is 0 Å². The van der Waals surface area contributed by atoms with Gasteiger partial charge in [-0.3, -0.25) is 0 Å². The van der Waals surface area contributed by atoms with E-state index in [-0.39, 0.29) is 6.61 Å². The third kappa shape index (κ3) is 4.69. The Kier molecular flexibility index (Phi) is 6.81. The molecule has 0 radical (unpaired) electrons. The van der Waals surface area contributed by atoms with Crippen LogP contribution in [-0.2, 0) is 6.42 Å². The largest absolute Gasteiger partial charge is 0.497 e. The fraction of sp³-hybridized carbons (Fsp3) is 0.625. The summed E-state index contributed by atoms with van der Waals surface area (Å²) in [7, 11) is 1.68. The Labute approximate surface area is 111 Å². The Hall–Kier alpha value is -1.02. The number of hydrogen-bond acceptors (Lipinski definition) is 2. The van der Waals surface area contributed by atoms with E-state index in [0.29, 0.717) is 5.92 Å². The van der Waals surface area contributed by atoms with Crippen molar-refractivity contribution >= 4 is 0 Å². The maximum absolute atomic E-state index is 9.50. The summed E-state index contributed by atoms with van der Waals surface area (Å²) in [5.41, 5.74) is 1.28. The number of aliphatic hydroxyl groups is 1. The standard InChI is InChI=1S/C16H26O2/c1-4-13(5-2)10-15(12-17)11-14-6-8-16(18-3)9-7-14/h6-9,13,15,17H,4-5,10-12H2,1-3H3. The average Bonchev–Trinajstić information content (AvgIpc) is 2.44. The molecule has 0 fully saturated rings. The molecule has 0 aliphatic heterocycles. The average molecular weight is 250 g/mol. The Balaban J connectivity index is 2.55. The van der Waals surface area contributed by atoms with Gasteiger partial charge < -0.3 is 9.84 Å². The third-order valence-electron chi connectivity index (χ3n) is 3.76. The van der Waals surface area contributed by atoms with E-state index in [2.05, 4.69) is 26.0 Å². The van der Waals surface area contributed by atoms with Gasteiger partial charge in [-0.25, -0.2) is 0 Å². The second kappa shape index (κ2) is 8.15. The van der Waals surface area contributed by atoms with Gasteiger partial charge in [0.1, 0.15) is 5.75 Å². The first-order valence-electron chi connectivity index (χ1n) is 6.97. The molecule has 2 heteroatoms. The third-order valence-corrected chi connectivity index (χ3v) is 3.76. The minimum Gasteiger partial charge on any atom is -0.497 e. The number of hydrogen-bond donors (Lipinski definition) is 1. The van der Waals surface area contributed by atoms with Crippen LogP contribution in [0.25, 0.3) is 0 Å². The highest BCUT2D eigenvalue weighted by Gasteiger charge is 2.14. The molecule has 1 unspecified atom stereocenters. The first kappa shape index (κ1) is 15.0. The van der Waals surface area contributed by atoms with Crippen molar-refractivity contribution in [1.82, 2.24) is 0 Å². The predicted octanol–water partition coefficient (Wildman–Crippen LogP) is 3.67. The first-order chi connectivity index (χ1) is 8.73. The second-order valence-electron chi connectivity index (χ2n) is 5.02. The van der Waals surface area contributed by atoms with E-state index in [1.54, 1.807) is 7.11 Å². The molecule has 1 aromatic carbocycles. The Morgan fingerprint density at radius 3 is 2.11 bits per heavy atom. The summed E-state index contributed by atoms with van der Waals surface area (Å²) in [5.74, 6) is 2.00. The van der Waals surface area contributed by atoms with Crippen LogP contribution >= 0.6 is 0 Å². The van der Waals surface area contributed by atoms with Crippen LogP contribution in [0.5, 0.6) is 5.75 Å². The molecular weight excluding hydrogens is 224 g/mol. The van der Waals surface area contributed by atoms with Crippen molar-refractivity contribution < 1.29 is 9.84 Å². The smallest absolute Gasteiger partial charge is 0.118 e. The van der Waals surface area contributed by atoms with E-state index in [0.717, 1.165) is 24.5 Å². The van der Waals surface area contributed by atoms with Crippen LogP contribution in [0.15, 0.2) is 24.3 Å². The number of rotatable bonds is 8. The van der Waals surface area contributed by atoms with Gasteiger partial charge in [-0.1, -0.05) is 38.8 Å². The van der Waals surface area contributed by atoms with Gasteiger partial charge in [0.15, 0.2) is 0 Å². The zero-order chi connectivity index (χ0) is 13.4. The minimum absolute atomic E-state index is 0.280. The van der Waals surface area contributed by atoms with Crippen LogP contribution in [0.2, 0.25) is 0 Å². The second-order valence-corrected chi connectivity index (χ2v) is 5.02. The predicted molar refractivity (Wildman–Crippen MR) is 76.0 cm³/mol. The molecular formula is C16H26O2. The maximum Gasteiger partial charge on any atom is 0.118 e. The van der Waals surface area contributed by atoms with Crippen LogP contribution in [-0.4, -0.2) is 18.8 Å². The lowest BCUT2D eigenvalue weighted by Crippen LogP contribution is -2.14. The van der Waals surface area contributed by atoms with Crippen molar-refractivity contribution in [2.24, 2.45) is 11.8 Å². The van der Waals surface area contributed by atoms with Crippen LogP contribution in [0.3, 0.4) is 0 Å². The molecule has 1 rings (SSSR count). The molecule has 0 aliphatic rings. The van der Waals surface area contributed by atoms with Gasteiger partial charge in [-0.05, 0) is 42.4 Å². The van der Waals surface area contributed by atoms with E-state index in [9.17, 15) is 5.11 Å². The zero-order valence-corrected chi connectivity index (χ0v) is 11.9. The molecule has 0 spiro atoms. The van der Waals surface area contributed by atoms with Crippen molar-refractivity contribution in [3.05, 3.63) is 29.8 Å². The fourth-order valence-corrected chi connectivity index (χ4v) is 2.41. The summed E-state index contributed by atoms with van der Waals surface area (Å²) < 4.78 is 5.15. The topological polar surface area (TPSA) is 29.5 Å². The van der Waals surface area contributed by atoms with Crippen LogP contribution in [0, 0.1) is 11.8 Å². The molecule has 0 amide bonds. The summed E-state index contributed by atoms with van der Waals surface area (Å²) in [4.78, 5) is 0. The van der Waals surface area contributed by atoms with Crippen LogP contribution < -0.4 is 4.74 Å². The number of ether oxygens (including phenoxy) is 1. The molecule has 0 saturated carbocycles. The van der Waals surface area contributed by atoms with E-state index in [1.165, 1.54) is 18.4 Å². The molecule has 102 valence electrons. The minimum atomic E-state index is 0.280. The molecule has 0 bridgehead atoms. The van der Waals surface area contributed by atoms with Gasteiger partial charge in [0.25, 0.3) is 0 Å². The van der Waals surface area contributed by atoms with Crippen molar-refractivity contribution in [2.75, 3.05) is 13.7 Å². The van der Waals surface area contributed by atoms with E-state index in [1.807, 2.05) is 12.1 Å². The molecule has 2 nitrogen and oxygen atoms in total. The Morgan fingerprint density at radius 1 is 1.06 bits per heavy atom. The monoisotopic (exact) mass is 250 g/mol. The Morgan fingerprint density at radius 2 is 1.67 bits per heavy atom. The maximum atomic E-state index is 9.50. The first-order valence-corrected chi connectivity index (χ1v) is 6.97. The molecule has 0 aromatic heterocycles. The molecule has 1 atom stereocenters. The quantitative estimate of drug-likeness (QED) is 0.762. The summed E-state index contributed by atoms with van der Waals surface area (Å²) in [6, 6.07) is 8.16. The van der Waals surface area contributed by atoms with Gasteiger partial charge in [0.2, 0.25) is 0 Å². The highest BCUT2D eigenvalue weighted by atomic mass is 16.5. The molecule has 1 N–H and O–H groups in total. The van der Waals surface area contributed by atoms with E-state index in [4.69, 9.17) is 4.74 Å². The SMILES string of the molecule is CCC(CC)CC(CO)Cc1ccc(OC)cc1. The molecule has 18 heavy (non-hydrogen) atoms. The van der Waals surface area contributed by atoms with Crippen LogP contribution in [0.1, 0.15) is 38.7 Å². The molecule has 1 aromatic rings. The molecule has 0 heterocycles. The van der Waals surface area contributed by atoms with Gasteiger partial charge in [0, 0.05) is 6.61 Å². The van der Waals surface area contributed by atoms with Crippen molar-refractivity contribution in [2.45, 2.75) is 39.5 Å². The summed E-state index contributed by atoms with van der Waals surface area (Å²) in [6.07, 6.45) is 4.48. The van der Waals surface area contributed by atoms with Gasteiger partial charge in [-0.2, -0.15) is 0 Å². The number of methoxy groups -OCH3 is 1. The summed E-state index contributed by atoms with van der Waals surface area (Å²) in [6.45, 7) is 4.74. The highest BCUT2D eigenvalue weighted by Crippen LogP contribution is 2.22. The summed E-state index contributed by atoms with van der Waals surface area (Å²) in [5, 5.41) is 9.50. The Bertz CT molecular complexity index is 314. The van der Waals surface area contributed by atoms with E-state index < -0.39 is 0 Å². The molecule has 0 aliphatic carbocycles. The lowest BCUT2D eigenvalue weighted by molar-refractivity contribution is 0.196. The number of benzene rings is 1. The number of aliphatic hydroxyl groups excluding tert-OH is 1. The molecule has 0 saturated heterocycles. The summed E-state index contributed by atoms with van der Waals surface area (Å²) >= 11 is 0. The highest BCUT2D eigenvalue weighted by molar-refractivity contribution is 5.27. The van der Waals surface area contributed by atoms with Crippen molar-refractivity contribution in [1.29, 1.82) is 0 Å². The lowest BCUT2D eigenvalue weighted by atomic mass is 9.87. The van der Waals surface area contributed by atoms with E-state index >= 15 is 0 Å². The van der Waals surface area contributed by atoms with Gasteiger partial charge in [0.05, 0.1) is 7.11 Å².